The van der Waals surface area contributed by atoms with Crippen LogP contribution in [0.4, 0.5) is 13.2 Å². The molecule has 2 aromatic carbocycles. The number of hydrogen-bond acceptors (Lipinski definition) is 5. The molecule has 0 atom stereocenters. The smallest absolute Gasteiger partial charge is 0.486 e. The van der Waals surface area contributed by atoms with Crippen molar-refractivity contribution in [3.05, 3.63) is 58.5 Å². The van der Waals surface area contributed by atoms with E-state index in [1.165, 1.54) is 42.7 Å². The summed E-state index contributed by atoms with van der Waals surface area (Å²) >= 11 is 1.49. The average Bonchev–Trinajstić information content (AvgIpc) is 2.99. The average molecular weight is 396 g/mol. The van der Waals surface area contributed by atoms with E-state index in [1.807, 2.05) is 19.1 Å². The van der Waals surface area contributed by atoms with Crippen LogP contribution in [-0.2, 0) is 11.3 Å². The van der Waals surface area contributed by atoms with E-state index >= 15 is 0 Å². The maximum absolute atomic E-state index is 12.2. The molecule has 142 valence electrons. The van der Waals surface area contributed by atoms with Crippen molar-refractivity contribution in [2.24, 2.45) is 0 Å². The molecular weight excluding hydrogens is 381 g/mol. The van der Waals surface area contributed by atoms with Gasteiger partial charge < -0.3 is 14.2 Å². The minimum Gasteiger partial charge on any atom is -0.486 e. The van der Waals surface area contributed by atoms with Crippen LogP contribution < -0.4 is 9.47 Å². The van der Waals surface area contributed by atoms with Gasteiger partial charge in [0.1, 0.15) is 17.9 Å². The van der Waals surface area contributed by atoms with Gasteiger partial charge in [-0.3, -0.25) is 0 Å². The zero-order chi connectivity index (χ0) is 19.6. The highest BCUT2D eigenvalue weighted by Crippen LogP contribution is 2.37. The highest BCUT2D eigenvalue weighted by Gasteiger charge is 2.31. The molecule has 0 unspecified atom stereocenters. The van der Waals surface area contributed by atoms with Crippen molar-refractivity contribution in [2.45, 2.75) is 19.9 Å². The molecule has 0 saturated carbocycles. The van der Waals surface area contributed by atoms with Crippen molar-refractivity contribution in [1.82, 2.24) is 0 Å². The molecule has 3 aromatic rings. The molecule has 0 amide bonds. The second kappa shape index (κ2) is 7.48. The van der Waals surface area contributed by atoms with Gasteiger partial charge in [-0.05, 0) is 42.1 Å². The van der Waals surface area contributed by atoms with Crippen LogP contribution in [0.3, 0.4) is 0 Å². The van der Waals surface area contributed by atoms with E-state index in [1.54, 1.807) is 6.07 Å². The number of halogens is 3. The minimum atomic E-state index is -4.74. The molecule has 0 radical (unpaired) electrons. The van der Waals surface area contributed by atoms with Crippen LogP contribution >= 0.6 is 11.3 Å². The van der Waals surface area contributed by atoms with Gasteiger partial charge in [0.15, 0.2) is 5.75 Å². The number of aryl methyl sites for hydroxylation is 1. The molecule has 27 heavy (non-hydrogen) atoms. The Morgan fingerprint density at radius 3 is 2.44 bits per heavy atom. The van der Waals surface area contributed by atoms with Crippen LogP contribution in [-0.4, -0.2) is 19.4 Å². The summed E-state index contributed by atoms with van der Waals surface area (Å²) in [5.41, 5.74) is 0.925. The molecule has 0 spiro atoms. The van der Waals surface area contributed by atoms with Gasteiger partial charge in [0.05, 0.1) is 11.8 Å². The van der Waals surface area contributed by atoms with Crippen molar-refractivity contribution in [2.75, 3.05) is 7.11 Å². The topological polar surface area (TPSA) is 44.8 Å². The Labute approximate surface area is 157 Å². The molecule has 0 aliphatic rings. The van der Waals surface area contributed by atoms with E-state index in [4.69, 9.17) is 9.47 Å². The predicted octanol–water partition coefficient (Wildman–Crippen LogP) is 5.47. The lowest BCUT2D eigenvalue weighted by Gasteiger charge is -2.12. The fourth-order valence-corrected chi connectivity index (χ4v) is 3.58. The first-order valence-corrected chi connectivity index (χ1v) is 8.67. The number of rotatable bonds is 5. The van der Waals surface area contributed by atoms with Crippen LogP contribution in [0.1, 0.15) is 20.8 Å². The molecule has 8 heteroatoms. The van der Waals surface area contributed by atoms with Crippen LogP contribution in [0.2, 0.25) is 0 Å². The number of carbonyl (C=O) groups is 1. The third-order valence-corrected chi connectivity index (χ3v) is 4.77. The van der Waals surface area contributed by atoms with Crippen LogP contribution in [0.15, 0.2) is 42.5 Å². The van der Waals surface area contributed by atoms with Crippen molar-refractivity contribution in [3.63, 3.8) is 0 Å². The molecule has 4 nitrogen and oxygen atoms in total. The van der Waals surface area contributed by atoms with Gasteiger partial charge in [-0.15, -0.1) is 24.5 Å². The number of fused-ring (bicyclic) bond motifs is 1. The van der Waals surface area contributed by atoms with Gasteiger partial charge in [0.25, 0.3) is 0 Å². The number of methoxy groups -OCH3 is 1. The number of benzene rings is 2. The molecule has 1 heterocycles. The Kier molecular flexibility index (Phi) is 5.27. The Bertz CT molecular complexity index is 961. The summed E-state index contributed by atoms with van der Waals surface area (Å²) in [4.78, 5) is 13.1. The van der Waals surface area contributed by atoms with Crippen molar-refractivity contribution in [1.29, 1.82) is 0 Å². The second-order valence-electron chi connectivity index (χ2n) is 5.69. The lowest BCUT2D eigenvalue weighted by atomic mass is 10.1. The first-order valence-electron chi connectivity index (χ1n) is 7.86. The van der Waals surface area contributed by atoms with E-state index in [0.29, 0.717) is 16.9 Å². The standard InChI is InChI=1S/C19H15F3O4S/c1-11-9-13-5-8-15(18(23)24-2)16(17(13)27-11)25-10-12-3-6-14(7-4-12)26-19(20,21)22/h3-9H,10H2,1-2H3. The van der Waals surface area contributed by atoms with Crippen LogP contribution in [0, 0.1) is 6.92 Å². The first kappa shape index (κ1) is 19.0. The largest absolute Gasteiger partial charge is 0.573 e. The monoisotopic (exact) mass is 396 g/mol. The molecule has 0 aliphatic carbocycles. The van der Waals surface area contributed by atoms with Gasteiger partial charge in [0.2, 0.25) is 0 Å². The highest BCUT2D eigenvalue weighted by atomic mass is 32.1. The number of thiophene rings is 1. The Morgan fingerprint density at radius 1 is 1.11 bits per heavy atom. The maximum atomic E-state index is 12.2. The molecular formula is C19H15F3O4S. The van der Waals surface area contributed by atoms with Crippen molar-refractivity contribution >= 4 is 27.4 Å². The molecule has 0 N–H and O–H groups in total. The summed E-state index contributed by atoms with van der Waals surface area (Å²) in [6.45, 7) is 2.03. The number of carbonyl (C=O) groups excluding carboxylic acids is 1. The normalized spacial score (nSPS) is 11.4. The summed E-state index contributed by atoms with van der Waals surface area (Å²) in [6.07, 6.45) is -4.74. The Balaban J connectivity index is 1.84. The van der Waals surface area contributed by atoms with E-state index < -0.39 is 12.3 Å². The van der Waals surface area contributed by atoms with Crippen LogP contribution in [0.5, 0.6) is 11.5 Å². The third kappa shape index (κ3) is 4.51. The van der Waals surface area contributed by atoms with Gasteiger partial charge in [-0.1, -0.05) is 18.2 Å². The second-order valence-corrected chi connectivity index (χ2v) is 6.95. The fourth-order valence-electron chi connectivity index (χ4n) is 2.56. The van der Waals surface area contributed by atoms with Gasteiger partial charge >= 0.3 is 12.3 Å². The number of ether oxygens (including phenoxy) is 3. The van der Waals surface area contributed by atoms with Crippen LogP contribution in [0.25, 0.3) is 10.1 Å². The molecule has 3 rings (SSSR count). The number of esters is 1. The predicted molar refractivity (Wildman–Crippen MR) is 95.4 cm³/mol. The van der Waals surface area contributed by atoms with Gasteiger partial charge in [0, 0.05) is 4.88 Å². The van der Waals surface area contributed by atoms with E-state index in [9.17, 15) is 18.0 Å². The SMILES string of the molecule is COC(=O)c1ccc2cc(C)sc2c1OCc1ccc(OC(F)(F)F)cc1. The summed E-state index contributed by atoms with van der Waals surface area (Å²) in [7, 11) is 1.29. The molecule has 0 fully saturated rings. The lowest BCUT2D eigenvalue weighted by Crippen LogP contribution is -2.17. The lowest BCUT2D eigenvalue weighted by molar-refractivity contribution is -0.274. The minimum absolute atomic E-state index is 0.0757. The van der Waals surface area contributed by atoms with E-state index in [2.05, 4.69) is 4.74 Å². The van der Waals surface area contributed by atoms with Gasteiger partial charge in [-0.25, -0.2) is 4.79 Å². The number of alkyl halides is 3. The quantitative estimate of drug-likeness (QED) is 0.536. The Morgan fingerprint density at radius 2 is 1.81 bits per heavy atom. The maximum Gasteiger partial charge on any atom is 0.573 e. The zero-order valence-electron chi connectivity index (χ0n) is 14.4. The first-order chi connectivity index (χ1) is 12.8. The zero-order valence-corrected chi connectivity index (χ0v) is 15.2. The van der Waals surface area contributed by atoms with E-state index in [0.717, 1.165) is 15.0 Å². The molecule has 1 aromatic heterocycles. The fraction of sp³-hybridized carbons (Fsp3) is 0.211. The third-order valence-electron chi connectivity index (χ3n) is 3.71. The summed E-state index contributed by atoms with van der Waals surface area (Å²) in [5.74, 6) is -0.433. The number of hydrogen-bond donors (Lipinski definition) is 0. The molecule has 0 saturated heterocycles. The van der Waals surface area contributed by atoms with Crippen molar-refractivity contribution in [3.8, 4) is 11.5 Å². The summed E-state index contributed by atoms with van der Waals surface area (Å²) in [5, 5.41) is 0.939. The summed E-state index contributed by atoms with van der Waals surface area (Å²) in [6, 6.07) is 10.8. The summed E-state index contributed by atoms with van der Waals surface area (Å²) < 4.78 is 52.0. The van der Waals surface area contributed by atoms with Gasteiger partial charge in [-0.2, -0.15) is 0 Å². The Hall–Kier alpha value is -2.74. The molecule has 0 bridgehead atoms. The van der Waals surface area contributed by atoms with E-state index in [-0.39, 0.29) is 12.4 Å². The molecule has 0 aliphatic heterocycles. The highest BCUT2D eigenvalue weighted by molar-refractivity contribution is 7.19. The van der Waals surface area contributed by atoms with Crippen molar-refractivity contribution < 1.29 is 32.2 Å².